The number of hydrogen-bond donors (Lipinski definition) is 24. The number of hydrogen-bond acceptors (Lipinski definition) is 48. The van der Waals surface area contributed by atoms with Gasteiger partial charge in [-0.05, 0) is 38.5 Å². The van der Waals surface area contributed by atoms with E-state index in [9.17, 15) is 115 Å². The van der Waals surface area contributed by atoms with Crippen LogP contribution >= 0.6 is 0 Å². The van der Waals surface area contributed by atoms with Gasteiger partial charge in [-0.2, -0.15) is 0 Å². The molecule has 0 aromatic rings. The Labute approximate surface area is 702 Å². The van der Waals surface area contributed by atoms with E-state index in [0.717, 1.165) is 0 Å². The summed E-state index contributed by atoms with van der Waals surface area (Å²) in [5.41, 5.74) is 0. The molecule has 0 aromatic heterocycles. The lowest BCUT2D eigenvalue weighted by Crippen LogP contribution is -2.59. The summed E-state index contributed by atoms with van der Waals surface area (Å²) >= 11 is 0. The molecular formula is C63H120N24O36. The van der Waals surface area contributed by atoms with E-state index in [-0.39, 0.29) is 56.3 Å². The third-order valence-electron chi connectivity index (χ3n) is 15.6. The first-order chi connectivity index (χ1) is 56.4. The molecule has 0 amide bonds. The molecule has 0 aromatic carbocycles. The molecule has 60 heteroatoms. The zero-order valence-electron chi connectivity index (χ0n) is 69.1. The van der Waals surface area contributed by atoms with Crippen LogP contribution in [0.3, 0.4) is 0 Å². The SMILES string of the molecule is CN(N)C(CC(N(C)N)N(C)N)N(C)N.CN(N)C(CC(N(C)N)N(C)N)N(C)N.CN(N)C(CC(N(C)N)N(C)N)N(C)N.O=C(O)C(CC(C(=O)O)C(=O)O)C(=O)O.O=C(O)C(CC(C(=O)O)C(=O)O)C(=O)O.O=C(O)C(CC(C(=O)O)C(=O)O)C(=O)O.O=CC(C=O)CC(C=O)C=O.O=CC(C=O)CC(C=O)C=O.O=CC(C=O)CC(C=O)C=O. The Morgan fingerprint density at radius 2 is 0.244 bits per heavy atom. The number of carboxylic acid groups (broad SMARTS) is 12. The van der Waals surface area contributed by atoms with Crippen LogP contribution in [0.1, 0.15) is 57.8 Å². The van der Waals surface area contributed by atoms with Crippen LogP contribution in [0.2, 0.25) is 0 Å². The van der Waals surface area contributed by atoms with Gasteiger partial charge in [-0.25, -0.2) is 60.1 Å². The number of aldehydes is 12. The van der Waals surface area contributed by atoms with E-state index < -0.39 is 162 Å². The fourth-order valence-electron chi connectivity index (χ4n) is 8.64. The van der Waals surface area contributed by atoms with Crippen molar-refractivity contribution < 1.29 is 176 Å². The molecule has 0 spiro atoms. The van der Waals surface area contributed by atoms with Crippen molar-refractivity contribution in [2.24, 2.45) is 141 Å². The molecule has 0 fully saturated rings. The molecule has 36 N–H and O–H groups in total. The summed E-state index contributed by atoms with van der Waals surface area (Å²) in [6.07, 6.45) is 3.11. The van der Waals surface area contributed by atoms with E-state index in [4.69, 9.17) is 131 Å². The van der Waals surface area contributed by atoms with Crippen LogP contribution in [0, 0.1) is 71.0 Å². The molecule has 0 unspecified atom stereocenters. The zero-order valence-corrected chi connectivity index (χ0v) is 69.1. The number of carbonyl (C=O) groups is 24. The van der Waals surface area contributed by atoms with E-state index >= 15 is 0 Å². The molecule has 0 radical (unpaired) electrons. The maximum Gasteiger partial charge on any atom is 0.317 e. The van der Waals surface area contributed by atoms with Crippen LogP contribution in [0.4, 0.5) is 0 Å². The normalized spacial score (nSPS) is 11.2. The highest BCUT2D eigenvalue weighted by molar-refractivity contribution is 5.99. The Hall–Kier alpha value is -11.3. The zero-order chi connectivity index (χ0) is 99.1. The number of carboxylic acids is 12. The second-order valence-electron chi connectivity index (χ2n) is 26.0. The molecule has 0 aliphatic carbocycles. The molecule has 0 aliphatic rings. The quantitative estimate of drug-likeness (QED) is 0.00884. The van der Waals surface area contributed by atoms with Gasteiger partial charge >= 0.3 is 71.6 Å². The number of rotatable bonds is 54. The molecule has 0 bridgehead atoms. The van der Waals surface area contributed by atoms with Gasteiger partial charge in [-0.3, -0.25) is 128 Å². The summed E-state index contributed by atoms with van der Waals surface area (Å²) < 4.78 is 0. The maximum atomic E-state index is 10.4. The van der Waals surface area contributed by atoms with Gasteiger partial charge in [0.1, 0.15) is 75.4 Å². The van der Waals surface area contributed by atoms with Gasteiger partial charge in [-0.15, -0.1) is 0 Å². The molecule has 0 aliphatic heterocycles. The Bertz CT molecular complexity index is 2560. The van der Waals surface area contributed by atoms with Crippen LogP contribution in [0.5, 0.6) is 0 Å². The van der Waals surface area contributed by atoms with Crippen molar-refractivity contribution in [3.05, 3.63) is 0 Å². The summed E-state index contributed by atoms with van der Waals surface area (Å²) in [5, 5.41) is 119. The first kappa shape index (κ1) is 130. The first-order valence-electron chi connectivity index (χ1n) is 34.3. The van der Waals surface area contributed by atoms with Crippen LogP contribution in [0.15, 0.2) is 0 Å². The summed E-state index contributed by atoms with van der Waals surface area (Å²) in [4.78, 5) is 245. The average Bonchev–Trinajstić information content (AvgIpc) is 0.907. The van der Waals surface area contributed by atoms with Gasteiger partial charge in [0.05, 0.1) is 72.5 Å². The molecule has 0 rings (SSSR count). The Morgan fingerprint density at radius 1 is 0.171 bits per heavy atom. The number of hydrazine groups is 12. The summed E-state index contributed by atoms with van der Waals surface area (Å²) in [5.74, 6) is 29.7. The summed E-state index contributed by atoms with van der Waals surface area (Å²) in [6, 6.07) is 0. The fraction of sp³-hybridized carbons (Fsp3) is 0.619. The highest BCUT2D eigenvalue weighted by Crippen LogP contribution is 2.18. The predicted molar refractivity (Wildman–Crippen MR) is 414 cm³/mol. The minimum absolute atomic E-state index is 0.0139. The first-order valence-corrected chi connectivity index (χ1v) is 34.3. The lowest BCUT2D eigenvalue weighted by Gasteiger charge is -2.37. The smallest absolute Gasteiger partial charge is 0.317 e. The Morgan fingerprint density at radius 3 is 0.293 bits per heavy atom. The Kier molecular flexibility index (Phi) is 76.4. The minimum atomic E-state index is -2.04. The van der Waals surface area contributed by atoms with Gasteiger partial charge in [0, 0.05) is 104 Å². The van der Waals surface area contributed by atoms with Crippen molar-refractivity contribution in [1.29, 1.82) is 0 Å². The van der Waals surface area contributed by atoms with Crippen LogP contribution < -0.4 is 70.1 Å². The van der Waals surface area contributed by atoms with Crippen molar-refractivity contribution in [2.45, 2.75) is 94.8 Å². The fourth-order valence-corrected chi connectivity index (χ4v) is 8.64. The molecule has 123 heavy (non-hydrogen) atoms. The van der Waals surface area contributed by atoms with Crippen molar-refractivity contribution in [3.63, 3.8) is 0 Å². The lowest BCUT2D eigenvalue weighted by atomic mass is 9.95. The molecule has 0 saturated carbocycles. The van der Waals surface area contributed by atoms with Crippen molar-refractivity contribution in [2.75, 3.05) is 84.6 Å². The lowest BCUT2D eigenvalue weighted by molar-refractivity contribution is -0.163. The second-order valence-corrected chi connectivity index (χ2v) is 26.0. The second kappa shape index (κ2) is 72.4. The third kappa shape index (κ3) is 62.5. The molecular weight excluding hydrogens is 1670 g/mol. The van der Waals surface area contributed by atoms with Gasteiger partial charge in [0.25, 0.3) is 0 Å². The van der Waals surface area contributed by atoms with E-state index in [1.54, 1.807) is 84.6 Å². The van der Waals surface area contributed by atoms with Crippen LogP contribution in [-0.4, -0.2) is 390 Å². The van der Waals surface area contributed by atoms with Gasteiger partial charge < -0.3 is 119 Å². The van der Waals surface area contributed by atoms with E-state index in [1.165, 1.54) is 60.1 Å². The van der Waals surface area contributed by atoms with Crippen molar-refractivity contribution >= 4 is 147 Å². The van der Waals surface area contributed by atoms with Crippen LogP contribution in [0.25, 0.3) is 0 Å². The van der Waals surface area contributed by atoms with E-state index in [2.05, 4.69) is 0 Å². The molecule has 0 saturated heterocycles. The topological polar surface area (TPSA) is 1000 Å². The number of nitrogens with two attached hydrogens (primary N) is 12. The summed E-state index contributed by atoms with van der Waals surface area (Å²) in [6.45, 7) is 0. The van der Waals surface area contributed by atoms with Gasteiger partial charge in [0.2, 0.25) is 0 Å². The van der Waals surface area contributed by atoms with Gasteiger partial charge in [-0.1, -0.05) is 0 Å². The molecule has 708 valence electrons. The van der Waals surface area contributed by atoms with Crippen LogP contribution in [-0.2, 0) is 115 Å². The van der Waals surface area contributed by atoms with Crippen molar-refractivity contribution in [1.82, 2.24) is 60.1 Å². The third-order valence-corrected chi connectivity index (χ3v) is 15.6. The van der Waals surface area contributed by atoms with E-state index in [1.807, 2.05) is 0 Å². The average molecular weight is 1790 g/mol. The van der Waals surface area contributed by atoms with Gasteiger partial charge in [0.15, 0.2) is 35.5 Å². The monoisotopic (exact) mass is 1790 g/mol. The molecule has 0 heterocycles. The number of aliphatic carboxylic acids is 12. The summed E-state index contributed by atoms with van der Waals surface area (Å²) in [7, 11) is 21.0. The maximum absolute atomic E-state index is 10.4. The Balaban J connectivity index is -0.000000170. The predicted octanol–water partition coefficient (Wildman–Crippen LogP) is -13.2. The minimum Gasteiger partial charge on any atom is -0.481 e. The largest absolute Gasteiger partial charge is 0.481 e. The highest BCUT2D eigenvalue weighted by atomic mass is 16.4. The number of nitrogens with zero attached hydrogens (tertiary/aromatic N) is 12. The molecule has 60 nitrogen and oxygen atoms in total. The standard InChI is InChI=1S/3C7H24N8.3C7H8O8.3C7H8O4/c3*1-12(8)6(13(2)9)5-7(14(3)10)15(4)11;3*8-4(9)2(5(10)11)1-3(6(12)13)7(14)15;3*8-2-6(3-9)1-7(4-10)5-11/h3*6-7H,5,8-11H2,1-4H3;3*2-3H,1H2,(H,8,9)(H,10,11)(H,12,13)(H,14,15);3*2-7H,1H2. The van der Waals surface area contributed by atoms with Crippen molar-refractivity contribution in [3.8, 4) is 0 Å². The molecule has 0 atom stereocenters. The van der Waals surface area contributed by atoms with E-state index in [0.29, 0.717) is 94.7 Å². The number of carbonyl (C=O) groups excluding carboxylic acids is 12. The highest BCUT2D eigenvalue weighted by Gasteiger charge is 2.39.